The largest absolute Gasteiger partial charge is 0.465 e. The molecule has 4 nitrogen and oxygen atoms in total. The molecule has 0 heterocycles. The normalized spacial score (nSPS) is 42.4. The summed E-state index contributed by atoms with van der Waals surface area (Å²) in [4.78, 5) is 11.6. The lowest BCUT2D eigenvalue weighted by Gasteiger charge is -2.58. The van der Waals surface area contributed by atoms with Crippen molar-refractivity contribution in [3.05, 3.63) is 11.6 Å². The van der Waals surface area contributed by atoms with Crippen LogP contribution in [0.3, 0.4) is 0 Å². The van der Waals surface area contributed by atoms with Crippen molar-refractivity contribution in [2.24, 2.45) is 34.5 Å². The van der Waals surface area contributed by atoms with Crippen molar-refractivity contribution >= 4 is 5.97 Å². The second-order valence-corrected chi connectivity index (χ2v) is 9.89. The van der Waals surface area contributed by atoms with Gasteiger partial charge < -0.3 is 9.84 Å². The summed E-state index contributed by atoms with van der Waals surface area (Å²) in [5, 5.41) is 19.3. The van der Waals surface area contributed by atoms with E-state index >= 15 is 0 Å². The second-order valence-electron chi connectivity index (χ2n) is 9.89. The van der Waals surface area contributed by atoms with Crippen molar-refractivity contribution in [2.45, 2.75) is 78.7 Å². The number of esters is 1. The number of hydrogen-bond donors (Lipinski definition) is 1. The molecule has 3 aliphatic carbocycles. The third-order valence-corrected chi connectivity index (χ3v) is 8.36. The number of rotatable bonds is 3. The van der Waals surface area contributed by atoms with Gasteiger partial charge in [-0.1, -0.05) is 26.3 Å². The molecule has 0 aromatic heterocycles. The summed E-state index contributed by atoms with van der Waals surface area (Å²) in [6.45, 7) is 9.01. The van der Waals surface area contributed by atoms with Gasteiger partial charge in [0.15, 0.2) is 0 Å². The first kappa shape index (κ1) is 20.4. The smallest absolute Gasteiger partial charge is 0.302 e. The van der Waals surface area contributed by atoms with Crippen LogP contribution >= 0.6 is 0 Å². The van der Waals surface area contributed by atoms with Gasteiger partial charge in [-0.3, -0.25) is 4.79 Å². The zero-order valence-corrected chi connectivity index (χ0v) is 17.3. The maximum atomic E-state index is 11.6. The molecule has 0 radical (unpaired) electrons. The summed E-state index contributed by atoms with van der Waals surface area (Å²) in [5.74, 6) is 1.71. The van der Waals surface area contributed by atoms with E-state index in [2.05, 4.69) is 26.8 Å². The monoisotopic (exact) mass is 373 g/mol. The molecule has 4 heteroatoms. The fourth-order valence-electron chi connectivity index (χ4n) is 7.02. The number of fused-ring (bicyclic) bond motifs is 1. The lowest BCUT2D eigenvalue weighted by atomic mass is 9.47. The fraction of sp³-hybridized carbons (Fsp3) is 0.826. The van der Waals surface area contributed by atoms with Gasteiger partial charge in [-0.05, 0) is 74.0 Å². The molecule has 0 aromatic rings. The van der Waals surface area contributed by atoms with Gasteiger partial charge in [0.1, 0.15) is 0 Å². The Labute approximate surface area is 164 Å². The molecule has 1 N–H and O–H groups in total. The molecular formula is C23H35NO3. The highest BCUT2D eigenvalue weighted by molar-refractivity contribution is 5.65. The van der Waals surface area contributed by atoms with Gasteiger partial charge in [-0.15, -0.1) is 0 Å². The van der Waals surface area contributed by atoms with Crippen molar-refractivity contribution in [2.75, 3.05) is 6.61 Å². The number of carbonyl (C=O) groups is 1. The highest BCUT2D eigenvalue weighted by Gasteiger charge is 2.58. The quantitative estimate of drug-likeness (QED) is 0.578. The highest BCUT2D eigenvalue weighted by atomic mass is 16.5. The molecule has 0 aliphatic heterocycles. The number of aliphatic hydroxyl groups excluding tert-OH is 1. The molecular weight excluding hydrogens is 338 g/mol. The maximum absolute atomic E-state index is 11.6. The summed E-state index contributed by atoms with van der Waals surface area (Å²) in [6, 6.07) is 2.25. The SMILES string of the molecule is CC(=O)OCC1(C2CCC3C(=CC#N)CCC3C2(C)C)CCC(O)CC1C. The zero-order chi connectivity index (χ0) is 19.8. The van der Waals surface area contributed by atoms with Crippen LogP contribution in [-0.4, -0.2) is 23.8 Å². The first-order valence-corrected chi connectivity index (χ1v) is 10.6. The number of nitrogens with zero attached hydrogens (tertiary/aromatic N) is 1. The van der Waals surface area contributed by atoms with Crippen LogP contribution in [0.25, 0.3) is 0 Å². The lowest BCUT2D eigenvalue weighted by molar-refractivity contribution is -0.164. The molecule has 0 bridgehead atoms. The molecule has 6 unspecified atom stereocenters. The van der Waals surface area contributed by atoms with E-state index in [1.54, 1.807) is 6.08 Å². The van der Waals surface area contributed by atoms with Crippen molar-refractivity contribution in [1.82, 2.24) is 0 Å². The van der Waals surface area contributed by atoms with E-state index in [0.29, 0.717) is 30.3 Å². The molecule has 0 spiro atoms. The fourth-order valence-corrected chi connectivity index (χ4v) is 7.02. The average Bonchev–Trinajstić information content (AvgIpc) is 3.00. The summed E-state index contributed by atoms with van der Waals surface area (Å²) < 4.78 is 5.63. The molecule has 0 amide bonds. The van der Waals surface area contributed by atoms with E-state index in [9.17, 15) is 9.90 Å². The van der Waals surface area contributed by atoms with Crippen molar-refractivity contribution < 1.29 is 14.6 Å². The van der Waals surface area contributed by atoms with Gasteiger partial charge in [0.05, 0.1) is 18.8 Å². The van der Waals surface area contributed by atoms with E-state index < -0.39 is 0 Å². The number of allylic oxidation sites excluding steroid dienone is 2. The van der Waals surface area contributed by atoms with Crippen molar-refractivity contribution in [1.29, 1.82) is 5.26 Å². The number of ether oxygens (including phenoxy) is 1. The molecule has 3 rings (SSSR count). The summed E-state index contributed by atoms with van der Waals surface area (Å²) in [6.07, 6.45) is 8.51. The topological polar surface area (TPSA) is 70.3 Å². The van der Waals surface area contributed by atoms with Crippen LogP contribution in [0, 0.1) is 45.8 Å². The van der Waals surface area contributed by atoms with Gasteiger partial charge >= 0.3 is 5.97 Å². The number of aliphatic hydroxyl groups is 1. The Bertz CT molecular complexity index is 646. The summed E-state index contributed by atoms with van der Waals surface area (Å²) >= 11 is 0. The van der Waals surface area contributed by atoms with Crippen molar-refractivity contribution in [3.8, 4) is 6.07 Å². The van der Waals surface area contributed by atoms with E-state index in [0.717, 1.165) is 44.9 Å². The predicted octanol–water partition coefficient (Wildman–Crippen LogP) is 4.63. The van der Waals surface area contributed by atoms with E-state index in [1.807, 2.05) is 0 Å². The molecule has 150 valence electrons. The van der Waals surface area contributed by atoms with E-state index in [4.69, 9.17) is 10.00 Å². The zero-order valence-electron chi connectivity index (χ0n) is 17.3. The molecule has 27 heavy (non-hydrogen) atoms. The minimum Gasteiger partial charge on any atom is -0.465 e. The predicted molar refractivity (Wildman–Crippen MR) is 105 cm³/mol. The second kappa shape index (κ2) is 7.59. The Hall–Kier alpha value is -1.34. The average molecular weight is 374 g/mol. The summed E-state index contributed by atoms with van der Waals surface area (Å²) in [5.41, 5.74) is 1.42. The molecule has 3 saturated carbocycles. The van der Waals surface area contributed by atoms with E-state index in [1.165, 1.54) is 12.5 Å². The van der Waals surface area contributed by atoms with Gasteiger partial charge in [-0.2, -0.15) is 5.26 Å². The van der Waals surface area contributed by atoms with Crippen LogP contribution < -0.4 is 0 Å². The third-order valence-electron chi connectivity index (χ3n) is 8.36. The Morgan fingerprint density at radius 1 is 1.33 bits per heavy atom. The van der Waals surface area contributed by atoms with Crippen LogP contribution in [0.1, 0.15) is 72.6 Å². The first-order valence-electron chi connectivity index (χ1n) is 10.6. The Morgan fingerprint density at radius 2 is 2.07 bits per heavy atom. The Morgan fingerprint density at radius 3 is 2.70 bits per heavy atom. The van der Waals surface area contributed by atoms with Gasteiger partial charge in [0.25, 0.3) is 0 Å². The van der Waals surface area contributed by atoms with Crippen LogP contribution in [0.2, 0.25) is 0 Å². The Balaban J connectivity index is 1.92. The highest BCUT2D eigenvalue weighted by Crippen LogP contribution is 2.64. The molecule has 6 atom stereocenters. The van der Waals surface area contributed by atoms with Gasteiger partial charge in [0.2, 0.25) is 0 Å². The third kappa shape index (κ3) is 3.56. The van der Waals surface area contributed by atoms with E-state index in [-0.39, 0.29) is 22.9 Å². The number of carbonyl (C=O) groups excluding carboxylic acids is 1. The van der Waals surface area contributed by atoms with Gasteiger partial charge in [0, 0.05) is 18.4 Å². The summed E-state index contributed by atoms with van der Waals surface area (Å²) in [7, 11) is 0. The number of hydrogen-bond acceptors (Lipinski definition) is 4. The standard InChI is InChI=1S/C23H35NO3/c1-15-13-18(26)9-11-23(15,14-27-16(2)25)21-8-6-19-17(10-12-24)5-7-20(19)22(21,3)4/h10,15,18-21,26H,5-9,11,13-14H2,1-4H3. The minimum atomic E-state index is -0.235. The van der Waals surface area contributed by atoms with Crippen LogP contribution in [0.5, 0.6) is 0 Å². The van der Waals surface area contributed by atoms with Crippen LogP contribution in [0.4, 0.5) is 0 Å². The number of nitriles is 1. The lowest BCUT2D eigenvalue weighted by Crippen LogP contribution is -2.55. The minimum absolute atomic E-state index is 0.0545. The molecule has 3 aliphatic rings. The van der Waals surface area contributed by atoms with Crippen LogP contribution in [-0.2, 0) is 9.53 Å². The molecule has 0 aromatic carbocycles. The molecule has 0 saturated heterocycles. The Kier molecular flexibility index (Phi) is 5.73. The van der Waals surface area contributed by atoms with Crippen LogP contribution in [0.15, 0.2) is 11.6 Å². The maximum Gasteiger partial charge on any atom is 0.302 e. The van der Waals surface area contributed by atoms with Crippen molar-refractivity contribution in [3.63, 3.8) is 0 Å². The first-order chi connectivity index (χ1) is 12.7. The molecule has 3 fully saturated rings. The van der Waals surface area contributed by atoms with Gasteiger partial charge in [-0.25, -0.2) is 0 Å².